The van der Waals surface area contributed by atoms with Gasteiger partial charge in [-0.15, -0.1) is 0 Å². The highest BCUT2D eigenvalue weighted by Gasteiger charge is 2.52. The molecular weight excluding hydrogens is 179 g/mol. The fourth-order valence-corrected chi connectivity index (χ4v) is 1.33. The van der Waals surface area contributed by atoms with Crippen LogP contribution in [0.4, 0.5) is 13.2 Å². The molecule has 0 aromatic rings. The number of nitrogens with two attached hydrogens (primary N) is 1. The second-order valence-electron chi connectivity index (χ2n) is 2.65. The minimum absolute atomic E-state index is 0.455. The Morgan fingerprint density at radius 2 is 2.00 bits per heavy atom. The number of hydrogen-bond acceptors (Lipinski definition) is 3. The normalized spacial score (nSPS) is 21.8. The van der Waals surface area contributed by atoms with Crippen molar-refractivity contribution in [3.05, 3.63) is 0 Å². The molecule has 1 aliphatic carbocycles. The summed E-state index contributed by atoms with van der Waals surface area (Å²) in [4.78, 5) is 0. The number of halogens is 3. The van der Waals surface area contributed by atoms with Crippen LogP contribution in [0.15, 0.2) is 0 Å². The van der Waals surface area contributed by atoms with Crippen molar-refractivity contribution in [3.63, 3.8) is 0 Å². The molecule has 0 saturated heterocycles. The summed E-state index contributed by atoms with van der Waals surface area (Å²) in [5.41, 5.74) is -1.00. The number of hydrogen-bond donors (Lipinski definition) is 1. The second-order valence-corrected chi connectivity index (χ2v) is 3.01. The molecule has 2 N–H and O–H groups in total. The van der Waals surface area contributed by atoms with Crippen LogP contribution in [0.3, 0.4) is 0 Å². The van der Waals surface area contributed by atoms with E-state index in [2.05, 4.69) is 0 Å². The molecule has 0 bridgehead atoms. The molecule has 1 saturated carbocycles. The first kappa shape index (κ1) is 9.15. The van der Waals surface area contributed by atoms with E-state index in [0.717, 1.165) is 0 Å². The van der Waals surface area contributed by atoms with Crippen LogP contribution in [0, 0.1) is 0 Å². The van der Waals surface area contributed by atoms with Gasteiger partial charge in [-0.25, -0.2) is 0 Å². The Bertz CT molecular complexity index is 145. The van der Waals surface area contributed by atoms with Gasteiger partial charge in [0.25, 0.3) is 0 Å². The minimum Gasteiger partial charge on any atom is -0.294 e. The highest BCUT2D eigenvalue weighted by Crippen LogP contribution is 2.48. The fraction of sp³-hybridized carbons (Fsp3) is 1.00. The first-order valence-electron chi connectivity index (χ1n) is 3.09. The predicted molar refractivity (Wildman–Crippen MR) is 35.5 cm³/mol. The van der Waals surface area contributed by atoms with Crippen molar-refractivity contribution in [2.45, 2.75) is 31.0 Å². The number of rotatable bonds is 3. The van der Waals surface area contributed by atoms with Crippen LogP contribution in [-0.2, 0) is 4.18 Å². The maximum atomic E-state index is 11.8. The van der Waals surface area contributed by atoms with E-state index < -0.39 is 18.2 Å². The molecule has 11 heavy (non-hydrogen) atoms. The van der Waals surface area contributed by atoms with Crippen LogP contribution >= 0.6 is 12.2 Å². The zero-order valence-electron chi connectivity index (χ0n) is 5.65. The molecule has 2 nitrogen and oxygen atoms in total. The summed E-state index contributed by atoms with van der Waals surface area (Å²) < 4.78 is 40.0. The summed E-state index contributed by atoms with van der Waals surface area (Å²) in [5, 5.41) is 4.90. The van der Waals surface area contributed by atoms with Crippen LogP contribution in [0.5, 0.6) is 0 Å². The van der Waals surface area contributed by atoms with Gasteiger partial charge < -0.3 is 0 Å². The van der Waals surface area contributed by atoms with Crippen molar-refractivity contribution in [3.8, 4) is 0 Å². The van der Waals surface area contributed by atoms with Gasteiger partial charge in [0.15, 0.2) is 0 Å². The molecule has 0 heterocycles. The molecule has 1 fully saturated rings. The monoisotopic (exact) mass is 187 g/mol. The Morgan fingerprint density at radius 1 is 1.45 bits per heavy atom. The Labute approximate surface area is 66.6 Å². The van der Waals surface area contributed by atoms with Crippen LogP contribution in [0.25, 0.3) is 0 Å². The quantitative estimate of drug-likeness (QED) is 0.542. The lowest BCUT2D eigenvalue weighted by atomic mass is 10.2. The van der Waals surface area contributed by atoms with Crippen LogP contribution in [0.1, 0.15) is 19.3 Å². The molecule has 0 amide bonds. The molecule has 0 aromatic heterocycles. The smallest absolute Gasteiger partial charge is 0.294 e. The van der Waals surface area contributed by atoms with Crippen molar-refractivity contribution in [2.24, 2.45) is 5.14 Å². The summed E-state index contributed by atoms with van der Waals surface area (Å²) in [6.45, 7) is 0. The largest absolute Gasteiger partial charge is 0.391 e. The second kappa shape index (κ2) is 2.84. The third-order valence-corrected chi connectivity index (χ3v) is 2.00. The summed E-state index contributed by atoms with van der Waals surface area (Å²) in [6.07, 6.45) is -4.12. The lowest BCUT2D eigenvalue weighted by Crippen LogP contribution is -2.22. The molecule has 0 atom stereocenters. The van der Waals surface area contributed by atoms with Gasteiger partial charge in [-0.2, -0.15) is 13.2 Å². The van der Waals surface area contributed by atoms with E-state index in [-0.39, 0.29) is 0 Å². The van der Waals surface area contributed by atoms with E-state index in [4.69, 9.17) is 9.32 Å². The predicted octanol–water partition coefficient (Wildman–Crippen LogP) is 2.01. The molecule has 1 aliphatic rings. The summed E-state index contributed by atoms with van der Waals surface area (Å²) in [6, 6.07) is 0. The Morgan fingerprint density at radius 3 is 2.27 bits per heavy atom. The van der Waals surface area contributed by atoms with E-state index in [9.17, 15) is 13.2 Å². The van der Waals surface area contributed by atoms with Gasteiger partial charge in [0.05, 0.1) is 24.3 Å². The third kappa shape index (κ3) is 2.88. The highest BCUT2D eigenvalue weighted by atomic mass is 32.2. The van der Waals surface area contributed by atoms with E-state index >= 15 is 0 Å². The van der Waals surface area contributed by atoms with E-state index in [0.29, 0.717) is 25.1 Å². The molecular formula is C5H8F3NOS. The summed E-state index contributed by atoms with van der Waals surface area (Å²) in [7, 11) is 0. The van der Waals surface area contributed by atoms with Crippen molar-refractivity contribution >= 4 is 12.2 Å². The van der Waals surface area contributed by atoms with Gasteiger partial charge in [0.2, 0.25) is 0 Å². The van der Waals surface area contributed by atoms with Crippen LogP contribution < -0.4 is 5.14 Å². The average Bonchev–Trinajstić information content (AvgIpc) is 2.44. The first-order chi connectivity index (χ1) is 4.97. The molecule has 66 valence electrons. The lowest BCUT2D eigenvalue weighted by Gasteiger charge is -2.14. The van der Waals surface area contributed by atoms with Gasteiger partial charge in [-0.05, 0) is 12.8 Å². The van der Waals surface area contributed by atoms with Crippen LogP contribution in [0.2, 0.25) is 0 Å². The van der Waals surface area contributed by atoms with Gasteiger partial charge in [-0.3, -0.25) is 9.32 Å². The van der Waals surface area contributed by atoms with Crippen molar-refractivity contribution in [1.82, 2.24) is 0 Å². The molecule has 0 radical (unpaired) electrons. The average molecular weight is 187 g/mol. The molecule has 6 heteroatoms. The highest BCUT2D eigenvalue weighted by molar-refractivity contribution is 7.92. The molecule has 0 aliphatic heterocycles. The van der Waals surface area contributed by atoms with Crippen molar-refractivity contribution < 1.29 is 17.4 Å². The maximum Gasteiger partial charge on any atom is 0.391 e. The van der Waals surface area contributed by atoms with E-state index in [1.165, 1.54) is 0 Å². The maximum absolute atomic E-state index is 11.8. The topological polar surface area (TPSA) is 35.2 Å². The summed E-state index contributed by atoms with van der Waals surface area (Å²) in [5.74, 6) is 0. The zero-order chi connectivity index (χ0) is 8.54. The fourth-order valence-electron chi connectivity index (χ4n) is 0.896. The Balaban J connectivity index is 2.35. The van der Waals surface area contributed by atoms with E-state index in [1.54, 1.807) is 0 Å². The minimum atomic E-state index is -4.15. The van der Waals surface area contributed by atoms with Gasteiger partial charge in [0.1, 0.15) is 0 Å². The molecule has 0 spiro atoms. The number of alkyl halides is 3. The van der Waals surface area contributed by atoms with Gasteiger partial charge in [0, 0.05) is 0 Å². The van der Waals surface area contributed by atoms with Crippen molar-refractivity contribution in [2.75, 3.05) is 0 Å². The Hall–Kier alpha value is 0.0600. The molecule has 0 aromatic carbocycles. The molecule has 0 unspecified atom stereocenters. The van der Waals surface area contributed by atoms with Crippen LogP contribution in [-0.4, -0.2) is 11.8 Å². The van der Waals surface area contributed by atoms with Gasteiger partial charge >= 0.3 is 6.18 Å². The first-order valence-corrected chi connectivity index (χ1v) is 3.89. The standard InChI is InChI=1S/C5H8F3NOS/c6-5(7,8)3-4(1-2-4)10-11-9/h1-3,9H2. The SMILES string of the molecule is NSOC1(CC(F)(F)F)CC1. The molecule has 1 rings (SSSR count). The third-order valence-electron chi connectivity index (χ3n) is 1.56. The van der Waals surface area contributed by atoms with E-state index in [1.807, 2.05) is 0 Å². The summed E-state index contributed by atoms with van der Waals surface area (Å²) >= 11 is 0.512. The Kier molecular flexibility index (Phi) is 2.36. The zero-order valence-corrected chi connectivity index (χ0v) is 6.47. The lowest BCUT2D eigenvalue weighted by molar-refractivity contribution is -0.153. The van der Waals surface area contributed by atoms with Gasteiger partial charge in [-0.1, -0.05) is 0 Å². The van der Waals surface area contributed by atoms with Crippen molar-refractivity contribution in [1.29, 1.82) is 0 Å².